The molecular formula is C20H36IN5O. The summed E-state index contributed by atoms with van der Waals surface area (Å²) in [7, 11) is 4.11. The molecule has 154 valence electrons. The van der Waals surface area contributed by atoms with Gasteiger partial charge in [0.25, 0.3) is 0 Å². The largest absolute Gasteiger partial charge is 0.379 e. The summed E-state index contributed by atoms with van der Waals surface area (Å²) in [6.45, 7) is 12.6. The highest BCUT2D eigenvalue weighted by Gasteiger charge is 2.28. The van der Waals surface area contributed by atoms with E-state index in [1.807, 2.05) is 0 Å². The van der Waals surface area contributed by atoms with Crippen molar-refractivity contribution in [3.63, 3.8) is 0 Å². The minimum Gasteiger partial charge on any atom is -0.379 e. The normalized spacial score (nSPS) is 15.8. The van der Waals surface area contributed by atoms with Gasteiger partial charge >= 0.3 is 0 Å². The van der Waals surface area contributed by atoms with Crippen molar-refractivity contribution in [1.29, 1.82) is 0 Å². The first-order valence-corrected chi connectivity index (χ1v) is 9.53. The van der Waals surface area contributed by atoms with E-state index in [0.29, 0.717) is 6.54 Å². The van der Waals surface area contributed by atoms with Crippen LogP contribution in [0.3, 0.4) is 0 Å². The van der Waals surface area contributed by atoms with Gasteiger partial charge in [0.05, 0.1) is 19.8 Å². The van der Waals surface area contributed by atoms with Gasteiger partial charge in [0, 0.05) is 51.5 Å². The van der Waals surface area contributed by atoms with Crippen LogP contribution in [0.1, 0.15) is 26.3 Å². The molecule has 27 heavy (non-hydrogen) atoms. The molecular weight excluding hydrogens is 453 g/mol. The van der Waals surface area contributed by atoms with Gasteiger partial charge in [-0.05, 0) is 38.5 Å². The second-order valence-corrected chi connectivity index (χ2v) is 7.52. The average molecular weight is 489 g/mol. The van der Waals surface area contributed by atoms with Gasteiger partial charge in [-0.25, -0.2) is 4.99 Å². The number of nitrogens with one attached hydrogen (secondary N) is 2. The molecule has 0 saturated carbocycles. The van der Waals surface area contributed by atoms with Crippen molar-refractivity contribution in [1.82, 2.24) is 15.5 Å². The number of hydrogen-bond donors (Lipinski definition) is 2. The number of nitrogens with zero attached hydrogens (tertiary/aromatic N) is 3. The lowest BCUT2D eigenvalue weighted by Crippen LogP contribution is -2.56. The Balaban J connectivity index is 0.00000364. The van der Waals surface area contributed by atoms with Crippen LogP contribution in [-0.2, 0) is 11.3 Å². The van der Waals surface area contributed by atoms with Crippen LogP contribution in [0.5, 0.6) is 0 Å². The summed E-state index contributed by atoms with van der Waals surface area (Å²) in [6, 6.07) is 8.51. The summed E-state index contributed by atoms with van der Waals surface area (Å²) in [4.78, 5) is 9.36. The van der Waals surface area contributed by atoms with Crippen LogP contribution in [0.15, 0.2) is 29.3 Å². The molecule has 1 heterocycles. The van der Waals surface area contributed by atoms with Gasteiger partial charge in [-0.2, -0.15) is 0 Å². The zero-order valence-corrected chi connectivity index (χ0v) is 19.7. The van der Waals surface area contributed by atoms with E-state index in [0.717, 1.165) is 45.4 Å². The molecule has 0 amide bonds. The standard InChI is InChI=1S/C20H35N5O.HI/c1-6-21-19(22-15-17-8-7-9-18(14-17)24(4)5)23-16-20(2,3)25-10-12-26-13-11-25;/h7-9,14H,6,10-13,15-16H2,1-5H3,(H2,21,22,23);1H. The van der Waals surface area contributed by atoms with Crippen molar-refractivity contribution < 1.29 is 4.74 Å². The minimum absolute atomic E-state index is 0. The van der Waals surface area contributed by atoms with Gasteiger partial charge in [0.2, 0.25) is 0 Å². The Morgan fingerprint density at radius 2 is 1.93 bits per heavy atom. The molecule has 0 aromatic heterocycles. The molecule has 2 rings (SSSR count). The quantitative estimate of drug-likeness (QED) is 0.351. The number of rotatable bonds is 7. The number of halogens is 1. The first-order chi connectivity index (χ1) is 12.4. The van der Waals surface area contributed by atoms with Crippen molar-refractivity contribution in [2.75, 3.05) is 58.4 Å². The van der Waals surface area contributed by atoms with Gasteiger partial charge < -0.3 is 20.3 Å². The topological polar surface area (TPSA) is 52.1 Å². The Kier molecular flexibility index (Phi) is 10.4. The van der Waals surface area contributed by atoms with Crippen LogP contribution in [0.25, 0.3) is 0 Å². The van der Waals surface area contributed by atoms with Crippen molar-refractivity contribution in [3.05, 3.63) is 29.8 Å². The molecule has 1 aliphatic heterocycles. The van der Waals surface area contributed by atoms with E-state index in [4.69, 9.17) is 9.73 Å². The number of morpholine rings is 1. The van der Waals surface area contributed by atoms with E-state index in [1.165, 1.54) is 11.3 Å². The number of anilines is 1. The third-order valence-corrected chi connectivity index (χ3v) is 4.75. The molecule has 0 spiro atoms. The van der Waals surface area contributed by atoms with Gasteiger partial charge in [-0.1, -0.05) is 12.1 Å². The molecule has 0 radical (unpaired) electrons. The Labute approximate surface area is 181 Å². The molecule has 1 fully saturated rings. The lowest BCUT2D eigenvalue weighted by atomic mass is 10.0. The van der Waals surface area contributed by atoms with Gasteiger partial charge in [-0.3, -0.25) is 4.90 Å². The summed E-state index contributed by atoms with van der Waals surface area (Å²) >= 11 is 0. The maximum absolute atomic E-state index is 5.47. The van der Waals surface area contributed by atoms with Gasteiger partial charge in [0.15, 0.2) is 5.96 Å². The smallest absolute Gasteiger partial charge is 0.191 e. The van der Waals surface area contributed by atoms with E-state index in [1.54, 1.807) is 0 Å². The molecule has 1 saturated heterocycles. The molecule has 0 atom stereocenters. The second kappa shape index (κ2) is 11.7. The van der Waals surface area contributed by atoms with Gasteiger partial charge in [-0.15, -0.1) is 24.0 Å². The fourth-order valence-electron chi connectivity index (χ4n) is 3.03. The van der Waals surface area contributed by atoms with Crippen LogP contribution in [0.4, 0.5) is 5.69 Å². The fourth-order valence-corrected chi connectivity index (χ4v) is 3.03. The molecule has 0 unspecified atom stereocenters. The Morgan fingerprint density at radius 3 is 2.56 bits per heavy atom. The highest BCUT2D eigenvalue weighted by molar-refractivity contribution is 14.0. The zero-order chi connectivity index (χ0) is 19.0. The fraction of sp³-hybridized carbons (Fsp3) is 0.650. The summed E-state index contributed by atoms with van der Waals surface area (Å²) < 4.78 is 5.47. The minimum atomic E-state index is 0. The van der Waals surface area contributed by atoms with Crippen molar-refractivity contribution >= 4 is 35.6 Å². The zero-order valence-electron chi connectivity index (χ0n) is 17.4. The van der Waals surface area contributed by atoms with Crippen LogP contribution < -0.4 is 15.5 Å². The summed E-state index contributed by atoms with van der Waals surface area (Å²) in [5.41, 5.74) is 2.47. The second-order valence-electron chi connectivity index (χ2n) is 7.52. The summed E-state index contributed by atoms with van der Waals surface area (Å²) in [5, 5.41) is 6.86. The summed E-state index contributed by atoms with van der Waals surface area (Å²) in [6.07, 6.45) is 0. The van der Waals surface area contributed by atoms with Crippen molar-refractivity contribution in [2.45, 2.75) is 32.9 Å². The van der Waals surface area contributed by atoms with E-state index in [-0.39, 0.29) is 29.5 Å². The molecule has 1 aliphatic rings. The third-order valence-electron chi connectivity index (χ3n) is 4.75. The Hall–Kier alpha value is -1.06. The maximum atomic E-state index is 5.47. The lowest BCUT2D eigenvalue weighted by Gasteiger charge is -2.41. The third kappa shape index (κ3) is 7.83. The van der Waals surface area contributed by atoms with E-state index in [2.05, 4.69) is 79.6 Å². The highest BCUT2D eigenvalue weighted by atomic mass is 127. The van der Waals surface area contributed by atoms with Crippen LogP contribution in [0.2, 0.25) is 0 Å². The molecule has 2 N–H and O–H groups in total. The number of hydrogen-bond acceptors (Lipinski definition) is 4. The van der Waals surface area contributed by atoms with E-state index in [9.17, 15) is 0 Å². The molecule has 6 nitrogen and oxygen atoms in total. The average Bonchev–Trinajstić information content (AvgIpc) is 2.65. The molecule has 1 aromatic carbocycles. The predicted octanol–water partition coefficient (Wildman–Crippen LogP) is 2.54. The molecule has 0 bridgehead atoms. The van der Waals surface area contributed by atoms with Crippen molar-refractivity contribution in [3.8, 4) is 0 Å². The monoisotopic (exact) mass is 489 g/mol. The van der Waals surface area contributed by atoms with Gasteiger partial charge in [0.1, 0.15) is 0 Å². The van der Waals surface area contributed by atoms with E-state index < -0.39 is 0 Å². The summed E-state index contributed by atoms with van der Waals surface area (Å²) in [5.74, 6) is 0.865. The number of aliphatic imine (C=N–C) groups is 1. The maximum Gasteiger partial charge on any atom is 0.191 e. The molecule has 7 heteroatoms. The van der Waals surface area contributed by atoms with E-state index >= 15 is 0 Å². The molecule has 1 aromatic rings. The number of benzene rings is 1. The Morgan fingerprint density at radius 1 is 1.22 bits per heavy atom. The first-order valence-electron chi connectivity index (χ1n) is 9.53. The Bertz CT molecular complexity index is 585. The highest BCUT2D eigenvalue weighted by Crippen LogP contribution is 2.16. The van der Waals surface area contributed by atoms with Crippen LogP contribution in [0, 0.1) is 0 Å². The van der Waals surface area contributed by atoms with Crippen LogP contribution >= 0.6 is 24.0 Å². The number of ether oxygens (including phenoxy) is 1. The van der Waals surface area contributed by atoms with Crippen LogP contribution in [-0.4, -0.2) is 69.9 Å². The predicted molar refractivity (Wildman–Crippen MR) is 125 cm³/mol. The van der Waals surface area contributed by atoms with Crippen molar-refractivity contribution in [2.24, 2.45) is 4.99 Å². The first kappa shape index (κ1) is 24.0. The molecule has 0 aliphatic carbocycles. The SMILES string of the molecule is CCNC(=NCc1cccc(N(C)C)c1)NCC(C)(C)N1CCOCC1.I. The lowest BCUT2D eigenvalue weighted by molar-refractivity contribution is -0.00834. The number of guanidine groups is 1.